The Kier molecular flexibility index (Phi) is 8.59. The molecule has 0 radical (unpaired) electrons. The van der Waals surface area contributed by atoms with Gasteiger partial charge in [-0.15, -0.1) is 0 Å². The Labute approximate surface area is 192 Å². The highest BCUT2D eigenvalue weighted by atomic mass is 16.5. The molecular formula is C26H26N2O5. The maximum Gasteiger partial charge on any atom is 0.330 e. The molecule has 7 nitrogen and oxygen atoms in total. The van der Waals surface area contributed by atoms with Crippen LogP contribution in [-0.2, 0) is 32.2 Å². The van der Waals surface area contributed by atoms with E-state index in [-0.39, 0.29) is 13.2 Å². The van der Waals surface area contributed by atoms with E-state index in [1.807, 2.05) is 60.7 Å². The van der Waals surface area contributed by atoms with Crippen LogP contribution in [0.5, 0.6) is 0 Å². The normalized spacial score (nSPS) is 11.7. The first-order valence-corrected chi connectivity index (χ1v) is 10.6. The molecule has 33 heavy (non-hydrogen) atoms. The first-order chi connectivity index (χ1) is 16.1. The van der Waals surface area contributed by atoms with E-state index in [1.54, 1.807) is 19.1 Å². The van der Waals surface area contributed by atoms with Crippen LogP contribution in [0.25, 0.3) is 0 Å². The van der Waals surface area contributed by atoms with Crippen molar-refractivity contribution in [3.05, 3.63) is 108 Å². The Morgan fingerprint density at radius 2 is 1.61 bits per heavy atom. The molecule has 2 aromatic carbocycles. The lowest BCUT2D eigenvalue weighted by atomic mass is 10.1. The molecular weight excluding hydrogens is 420 g/mol. The molecule has 0 saturated carbocycles. The number of hydrogen-bond acceptors (Lipinski definition) is 5. The smallest absolute Gasteiger partial charge is 0.330 e. The van der Waals surface area contributed by atoms with Gasteiger partial charge in [-0.1, -0.05) is 60.7 Å². The van der Waals surface area contributed by atoms with Gasteiger partial charge >= 0.3 is 5.97 Å². The predicted octanol–water partition coefficient (Wildman–Crippen LogP) is 3.79. The second-order valence-electron chi connectivity index (χ2n) is 7.16. The van der Waals surface area contributed by atoms with Crippen LogP contribution in [0.3, 0.4) is 0 Å². The SMILES string of the molecule is CCOC(=O)/C=C/C(=O)N(Cc1ccccc1)C(C(=O)NCc1ccccc1)c1ccco1. The third-order valence-corrected chi connectivity index (χ3v) is 4.81. The molecule has 1 atom stereocenters. The van der Waals surface area contributed by atoms with E-state index in [1.165, 1.54) is 11.2 Å². The van der Waals surface area contributed by atoms with E-state index in [2.05, 4.69) is 5.32 Å². The zero-order valence-electron chi connectivity index (χ0n) is 18.3. The van der Waals surface area contributed by atoms with E-state index in [4.69, 9.17) is 9.15 Å². The Balaban J connectivity index is 1.89. The fourth-order valence-corrected chi connectivity index (χ4v) is 3.25. The van der Waals surface area contributed by atoms with E-state index in [0.717, 1.165) is 23.3 Å². The van der Waals surface area contributed by atoms with Crippen LogP contribution in [0.4, 0.5) is 0 Å². The van der Waals surface area contributed by atoms with Gasteiger partial charge in [0.1, 0.15) is 5.76 Å². The molecule has 1 N–H and O–H groups in total. The molecule has 0 aliphatic heterocycles. The minimum absolute atomic E-state index is 0.136. The van der Waals surface area contributed by atoms with Gasteiger partial charge < -0.3 is 19.4 Å². The fraction of sp³-hybridized carbons (Fsp3) is 0.192. The van der Waals surface area contributed by atoms with Crippen molar-refractivity contribution in [2.45, 2.75) is 26.1 Å². The molecule has 7 heteroatoms. The summed E-state index contributed by atoms with van der Waals surface area (Å²) in [7, 11) is 0. The lowest BCUT2D eigenvalue weighted by Gasteiger charge is -2.29. The molecule has 2 amide bonds. The summed E-state index contributed by atoms with van der Waals surface area (Å²) < 4.78 is 10.4. The van der Waals surface area contributed by atoms with Gasteiger partial charge in [0.15, 0.2) is 6.04 Å². The van der Waals surface area contributed by atoms with E-state index in [0.29, 0.717) is 12.3 Å². The summed E-state index contributed by atoms with van der Waals surface area (Å²) in [5, 5.41) is 2.89. The molecule has 0 spiro atoms. The van der Waals surface area contributed by atoms with Crippen LogP contribution in [0.15, 0.2) is 95.6 Å². The first-order valence-electron chi connectivity index (χ1n) is 10.6. The molecule has 1 unspecified atom stereocenters. The van der Waals surface area contributed by atoms with Crippen molar-refractivity contribution >= 4 is 17.8 Å². The number of rotatable bonds is 10. The van der Waals surface area contributed by atoms with Gasteiger partial charge in [-0.05, 0) is 30.2 Å². The second kappa shape index (κ2) is 12.0. The summed E-state index contributed by atoms with van der Waals surface area (Å²) in [5.74, 6) is -1.24. The number of carbonyl (C=O) groups excluding carboxylic acids is 3. The Bertz CT molecular complexity index is 1060. The number of ether oxygens (including phenoxy) is 1. The molecule has 0 aliphatic carbocycles. The molecule has 3 aromatic rings. The van der Waals surface area contributed by atoms with Crippen molar-refractivity contribution in [3.63, 3.8) is 0 Å². The van der Waals surface area contributed by atoms with Gasteiger partial charge in [-0.25, -0.2) is 4.79 Å². The Morgan fingerprint density at radius 3 is 2.21 bits per heavy atom. The zero-order chi connectivity index (χ0) is 23.5. The summed E-state index contributed by atoms with van der Waals surface area (Å²) in [4.78, 5) is 39.6. The molecule has 1 heterocycles. The Hall–Kier alpha value is -4.13. The second-order valence-corrected chi connectivity index (χ2v) is 7.16. The fourth-order valence-electron chi connectivity index (χ4n) is 3.25. The molecule has 0 bridgehead atoms. The molecule has 3 rings (SSSR count). The Morgan fingerprint density at radius 1 is 0.939 bits per heavy atom. The van der Waals surface area contributed by atoms with Gasteiger partial charge in [-0.3, -0.25) is 9.59 Å². The molecule has 1 aromatic heterocycles. The van der Waals surface area contributed by atoms with E-state index < -0.39 is 23.8 Å². The molecule has 0 saturated heterocycles. The summed E-state index contributed by atoms with van der Waals surface area (Å²) in [6.07, 6.45) is 3.62. The monoisotopic (exact) mass is 446 g/mol. The minimum atomic E-state index is -1.04. The van der Waals surface area contributed by atoms with Crippen molar-refractivity contribution in [1.82, 2.24) is 10.2 Å². The summed E-state index contributed by atoms with van der Waals surface area (Å²) in [6.45, 7) is 2.31. The van der Waals surface area contributed by atoms with Crippen LogP contribution >= 0.6 is 0 Å². The molecule has 0 fully saturated rings. The number of furan rings is 1. The van der Waals surface area contributed by atoms with Crippen LogP contribution in [0.1, 0.15) is 29.9 Å². The van der Waals surface area contributed by atoms with E-state index >= 15 is 0 Å². The summed E-state index contributed by atoms with van der Waals surface area (Å²) >= 11 is 0. The first kappa shape index (κ1) is 23.5. The number of hydrogen-bond donors (Lipinski definition) is 1. The van der Waals surface area contributed by atoms with Gasteiger partial charge in [0, 0.05) is 25.2 Å². The number of nitrogens with zero attached hydrogens (tertiary/aromatic N) is 1. The van der Waals surface area contributed by atoms with Crippen molar-refractivity contribution in [2.75, 3.05) is 6.61 Å². The number of amides is 2. The lowest BCUT2D eigenvalue weighted by Crippen LogP contribution is -2.42. The number of benzene rings is 2. The van der Waals surface area contributed by atoms with Gasteiger partial charge in [0.25, 0.3) is 5.91 Å². The average molecular weight is 447 g/mol. The highest BCUT2D eigenvalue weighted by Crippen LogP contribution is 2.25. The maximum atomic E-state index is 13.3. The van der Waals surface area contributed by atoms with Crippen LogP contribution in [-0.4, -0.2) is 29.3 Å². The topological polar surface area (TPSA) is 88.9 Å². The highest BCUT2D eigenvalue weighted by molar-refractivity contribution is 5.97. The average Bonchev–Trinajstić information content (AvgIpc) is 3.37. The van der Waals surface area contributed by atoms with Gasteiger partial charge in [0.2, 0.25) is 5.91 Å². The van der Waals surface area contributed by atoms with Crippen LogP contribution in [0, 0.1) is 0 Å². The van der Waals surface area contributed by atoms with Gasteiger partial charge in [0.05, 0.1) is 12.9 Å². The minimum Gasteiger partial charge on any atom is -0.467 e. The number of nitrogens with one attached hydrogen (secondary N) is 1. The van der Waals surface area contributed by atoms with Crippen molar-refractivity contribution in [1.29, 1.82) is 0 Å². The van der Waals surface area contributed by atoms with E-state index in [9.17, 15) is 14.4 Å². The van der Waals surface area contributed by atoms with Crippen molar-refractivity contribution in [2.24, 2.45) is 0 Å². The molecule has 0 aliphatic rings. The zero-order valence-corrected chi connectivity index (χ0v) is 18.3. The standard InChI is InChI=1S/C26H26N2O5/c1-2-32-24(30)16-15-23(29)28(19-21-12-7-4-8-13-21)25(22-14-9-17-33-22)26(31)27-18-20-10-5-3-6-11-20/h3-17,25H,2,18-19H2,1H3,(H,27,31)/b16-15+. The maximum absolute atomic E-state index is 13.3. The number of carbonyl (C=O) groups is 3. The summed E-state index contributed by atoms with van der Waals surface area (Å²) in [6, 6.07) is 21.0. The predicted molar refractivity (Wildman–Crippen MR) is 123 cm³/mol. The van der Waals surface area contributed by atoms with Crippen molar-refractivity contribution in [3.8, 4) is 0 Å². The number of esters is 1. The van der Waals surface area contributed by atoms with Crippen LogP contribution in [0.2, 0.25) is 0 Å². The largest absolute Gasteiger partial charge is 0.467 e. The molecule has 170 valence electrons. The third-order valence-electron chi connectivity index (χ3n) is 4.81. The lowest BCUT2D eigenvalue weighted by molar-refractivity contribution is -0.139. The third kappa shape index (κ3) is 6.93. The highest BCUT2D eigenvalue weighted by Gasteiger charge is 2.32. The van der Waals surface area contributed by atoms with Crippen molar-refractivity contribution < 1.29 is 23.5 Å². The van der Waals surface area contributed by atoms with Crippen LogP contribution < -0.4 is 5.32 Å². The van der Waals surface area contributed by atoms with Gasteiger partial charge in [-0.2, -0.15) is 0 Å². The summed E-state index contributed by atoms with van der Waals surface area (Å²) in [5.41, 5.74) is 1.75. The quantitative estimate of drug-likeness (QED) is 0.378.